The van der Waals surface area contributed by atoms with Gasteiger partial charge in [0.1, 0.15) is 16.9 Å². The zero-order valence-electron chi connectivity index (χ0n) is 12.5. The Balaban J connectivity index is 1.84. The van der Waals surface area contributed by atoms with Gasteiger partial charge in [0.05, 0.1) is 11.9 Å². The molecule has 0 saturated heterocycles. The van der Waals surface area contributed by atoms with E-state index in [1.807, 2.05) is 0 Å². The molecule has 0 spiro atoms. The van der Waals surface area contributed by atoms with Crippen LogP contribution in [0.25, 0.3) is 11.0 Å². The van der Waals surface area contributed by atoms with Crippen LogP contribution in [0.2, 0.25) is 0 Å². The summed E-state index contributed by atoms with van der Waals surface area (Å²) in [7, 11) is 0. The number of hydrogen-bond acceptors (Lipinski definition) is 5. The SMILES string of the molecule is O=C(NCC(=O)c1c(O)c2ccccc2oc1=O)c1ccccc1. The maximum atomic E-state index is 12.2. The lowest BCUT2D eigenvalue weighted by atomic mass is 10.1. The summed E-state index contributed by atoms with van der Waals surface area (Å²) in [6.07, 6.45) is 0. The summed E-state index contributed by atoms with van der Waals surface area (Å²) in [4.78, 5) is 36.1. The molecule has 3 rings (SSSR count). The number of amides is 1. The number of Topliss-reactive ketones (excluding diaryl/α,β-unsaturated/α-hetero) is 1. The van der Waals surface area contributed by atoms with E-state index in [0.29, 0.717) is 5.56 Å². The predicted molar refractivity (Wildman–Crippen MR) is 87.3 cm³/mol. The van der Waals surface area contributed by atoms with E-state index in [2.05, 4.69) is 5.32 Å². The van der Waals surface area contributed by atoms with Gasteiger partial charge in [0, 0.05) is 5.56 Å². The van der Waals surface area contributed by atoms with E-state index in [9.17, 15) is 19.5 Å². The fraction of sp³-hybridized carbons (Fsp3) is 0.0556. The molecule has 0 aliphatic rings. The number of aromatic hydroxyl groups is 1. The van der Waals surface area contributed by atoms with Gasteiger partial charge in [-0.2, -0.15) is 0 Å². The minimum Gasteiger partial charge on any atom is -0.506 e. The fourth-order valence-corrected chi connectivity index (χ4v) is 2.32. The Morgan fingerprint density at radius 2 is 1.67 bits per heavy atom. The summed E-state index contributed by atoms with van der Waals surface area (Å²) in [5, 5.41) is 12.9. The molecule has 0 atom stereocenters. The molecule has 0 aliphatic carbocycles. The first-order valence-corrected chi connectivity index (χ1v) is 7.19. The topological polar surface area (TPSA) is 96.6 Å². The summed E-state index contributed by atoms with van der Waals surface area (Å²) >= 11 is 0. The van der Waals surface area contributed by atoms with Gasteiger partial charge in [0.25, 0.3) is 5.91 Å². The standard InChI is InChI=1S/C18H13NO5/c20-13(10-19-17(22)11-6-2-1-3-7-11)15-16(21)12-8-4-5-9-14(12)24-18(15)23/h1-9,21H,10H2,(H,19,22). The Bertz CT molecular complexity index is 976. The normalized spacial score (nSPS) is 10.5. The molecule has 24 heavy (non-hydrogen) atoms. The second-order valence-corrected chi connectivity index (χ2v) is 5.08. The highest BCUT2D eigenvalue weighted by atomic mass is 16.4. The Morgan fingerprint density at radius 3 is 2.42 bits per heavy atom. The molecule has 2 aromatic carbocycles. The van der Waals surface area contributed by atoms with Crippen LogP contribution in [0.3, 0.4) is 0 Å². The van der Waals surface area contributed by atoms with Crippen LogP contribution in [0, 0.1) is 0 Å². The molecule has 6 nitrogen and oxygen atoms in total. The zero-order chi connectivity index (χ0) is 17.1. The number of fused-ring (bicyclic) bond motifs is 1. The van der Waals surface area contributed by atoms with Crippen molar-refractivity contribution in [1.82, 2.24) is 5.32 Å². The molecule has 0 unspecified atom stereocenters. The third-order valence-electron chi connectivity index (χ3n) is 3.51. The lowest BCUT2D eigenvalue weighted by Crippen LogP contribution is -2.31. The van der Waals surface area contributed by atoms with E-state index in [1.165, 1.54) is 12.1 Å². The molecule has 0 bridgehead atoms. The first-order chi connectivity index (χ1) is 11.6. The molecule has 2 N–H and O–H groups in total. The molecule has 0 radical (unpaired) electrons. The minimum absolute atomic E-state index is 0.185. The molecule has 0 fully saturated rings. The Hall–Kier alpha value is -3.41. The Morgan fingerprint density at radius 1 is 1.00 bits per heavy atom. The summed E-state index contributed by atoms with van der Waals surface area (Å²) in [5.41, 5.74) is -0.836. The van der Waals surface area contributed by atoms with Crippen molar-refractivity contribution in [3.05, 3.63) is 76.1 Å². The van der Waals surface area contributed by atoms with Crippen molar-refractivity contribution in [3.63, 3.8) is 0 Å². The van der Waals surface area contributed by atoms with Gasteiger partial charge in [-0.25, -0.2) is 4.79 Å². The third-order valence-corrected chi connectivity index (χ3v) is 3.51. The number of hydrogen-bond donors (Lipinski definition) is 2. The number of carbonyl (C=O) groups excluding carboxylic acids is 2. The summed E-state index contributed by atoms with van der Waals surface area (Å²) in [6, 6.07) is 14.7. The van der Waals surface area contributed by atoms with Gasteiger partial charge in [0.15, 0.2) is 5.78 Å². The molecule has 1 amide bonds. The predicted octanol–water partition coefficient (Wildman–Crippen LogP) is 2.11. The highest BCUT2D eigenvalue weighted by molar-refractivity contribution is 6.06. The molecule has 0 aliphatic heterocycles. The zero-order valence-corrected chi connectivity index (χ0v) is 12.5. The minimum atomic E-state index is -0.940. The number of para-hydroxylation sites is 1. The van der Waals surface area contributed by atoms with Crippen molar-refractivity contribution in [2.45, 2.75) is 0 Å². The number of carbonyl (C=O) groups is 2. The summed E-state index contributed by atoms with van der Waals surface area (Å²) < 4.78 is 5.04. The highest BCUT2D eigenvalue weighted by Gasteiger charge is 2.21. The van der Waals surface area contributed by atoms with Crippen molar-refractivity contribution in [3.8, 4) is 5.75 Å². The average molecular weight is 323 g/mol. The molecule has 1 aromatic heterocycles. The van der Waals surface area contributed by atoms with Crippen molar-refractivity contribution in [1.29, 1.82) is 0 Å². The summed E-state index contributed by atoms with van der Waals surface area (Å²) in [6.45, 7) is -0.426. The fourth-order valence-electron chi connectivity index (χ4n) is 2.32. The maximum Gasteiger partial charge on any atom is 0.351 e. The lowest BCUT2D eigenvalue weighted by molar-refractivity contribution is 0.0901. The number of ketones is 1. The number of rotatable bonds is 4. The highest BCUT2D eigenvalue weighted by Crippen LogP contribution is 2.25. The van der Waals surface area contributed by atoms with Crippen LogP contribution >= 0.6 is 0 Å². The van der Waals surface area contributed by atoms with Crippen LogP contribution in [0.5, 0.6) is 5.75 Å². The van der Waals surface area contributed by atoms with Gasteiger partial charge in [-0.3, -0.25) is 9.59 Å². The molecular formula is C18H13NO5. The largest absolute Gasteiger partial charge is 0.506 e. The third kappa shape index (κ3) is 2.89. The van der Waals surface area contributed by atoms with Crippen molar-refractivity contribution < 1.29 is 19.1 Å². The van der Waals surface area contributed by atoms with Gasteiger partial charge in [-0.05, 0) is 24.3 Å². The van der Waals surface area contributed by atoms with Crippen LogP contribution in [-0.4, -0.2) is 23.3 Å². The molecule has 1 heterocycles. The van der Waals surface area contributed by atoms with Crippen LogP contribution in [-0.2, 0) is 0 Å². The van der Waals surface area contributed by atoms with Crippen LogP contribution < -0.4 is 10.9 Å². The molecule has 6 heteroatoms. The van der Waals surface area contributed by atoms with Gasteiger partial charge in [0.2, 0.25) is 0 Å². The van der Waals surface area contributed by atoms with E-state index in [1.54, 1.807) is 42.5 Å². The van der Waals surface area contributed by atoms with E-state index >= 15 is 0 Å². The van der Waals surface area contributed by atoms with Crippen molar-refractivity contribution in [2.24, 2.45) is 0 Å². The smallest absolute Gasteiger partial charge is 0.351 e. The first-order valence-electron chi connectivity index (χ1n) is 7.19. The molecule has 3 aromatic rings. The first kappa shape index (κ1) is 15.5. The summed E-state index contributed by atoms with van der Waals surface area (Å²) in [5.74, 6) is -1.62. The molecule has 0 saturated carbocycles. The lowest BCUT2D eigenvalue weighted by Gasteiger charge is -2.07. The Kier molecular flexibility index (Phi) is 4.11. The van der Waals surface area contributed by atoms with E-state index in [-0.39, 0.29) is 11.0 Å². The van der Waals surface area contributed by atoms with Crippen LogP contribution in [0.4, 0.5) is 0 Å². The second kappa shape index (κ2) is 6.37. The van der Waals surface area contributed by atoms with Gasteiger partial charge >= 0.3 is 5.63 Å². The Labute approximate surface area is 136 Å². The van der Waals surface area contributed by atoms with E-state index in [0.717, 1.165) is 0 Å². The van der Waals surface area contributed by atoms with E-state index < -0.39 is 35.2 Å². The second-order valence-electron chi connectivity index (χ2n) is 5.08. The van der Waals surface area contributed by atoms with Crippen LogP contribution in [0.15, 0.2) is 63.8 Å². The monoisotopic (exact) mass is 323 g/mol. The van der Waals surface area contributed by atoms with Crippen molar-refractivity contribution in [2.75, 3.05) is 6.54 Å². The van der Waals surface area contributed by atoms with Gasteiger partial charge < -0.3 is 14.8 Å². The van der Waals surface area contributed by atoms with E-state index in [4.69, 9.17) is 4.42 Å². The quantitative estimate of drug-likeness (QED) is 0.566. The number of benzene rings is 2. The van der Waals surface area contributed by atoms with Gasteiger partial charge in [-0.15, -0.1) is 0 Å². The van der Waals surface area contributed by atoms with Crippen LogP contribution in [0.1, 0.15) is 20.7 Å². The van der Waals surface area contributed by atoms with Crippen molar-refractivity contribution >= 4 is 22.7 Å². The maximum absolute atomic E-state index is 12.2. The molecular weight excluding hydrogens is 310 g/mol. The van der Waals surface area contributed by atoms with Gasteiger partial charge in [-0.1, -0.05) is 30.3 Å². The molecule has 120 valence electrons. The number of nitrogens with one attached hydrogen (secondary N) is 1. The average Bonchev–Trinajstić information content (AvgIpc) is 2.60.